The lowest BCUT2D eigenvalue weighted by Gasteiger charge is -2.15. The molecule has 0 spiro atoms. The molecule has 0 fully saturated rings. The number of hydrogen-bond acceptors (Lipinski definition) is 3. The number of hydrogen-bond donors (Lipinski definition) is 1. The maximum absolute atomic E-state index is 14.8. The van der Waals surface area contributed by atoms with Crippen molar-refractivity contribution in [1.29, 1.82) is 0 Å². The second-order valence-corrected chi connectivity index (χ2v) is 7.26. The van der Waals surface area contributed by atoms with Crippen LogP contribution in [-0.2, 0) is 13.0 Å². The summed E-state index contributed by atoms with van der Waals surface area (Å²) in [6, 6.07) is 12.3. The summed E-state index contributed by atoms with van der Waals surface area (Å²) in [5.41, 5.74) is 8.96. The molecule has 1 aromatic heterocycles. The highest BCUT2D eigenvalue weighted by Gasteiger charge is 2.15. The van der Waals surface area contributed by atoms with E-state index in [0.29, 0.717) is 39.2 Å². The molecule has 0 atom stereocenters. The van der Waals surface area contributed by atoms with Crippen molar-refractivity contribution in [2.75, 3.05) is 5.73 Å². The molecule has 0 aliphatic rings. The van der Waals surface area contributed by atoms with Gasteiger partial charge in [-0.3, -0.25) is 9.36 Å². The van der Waals surface area contributed by atoms with Crippen molar-refractivity contribution >= 4 is 21.6 Å². The van der Waals surface area contributed by atoms with Crippen LogP contribution in [0.15, 0.2) is 51.7 Å². The number of rotatable bonds is 5. The Morgan fingerprint density at radius 1 is 1.22 bits per heavy atom. The van der Waals surface area contributed by atoms with Crippen LogP contribution in [0.1, 0.15) is 30.4 Å². The van der Waals surface area contributed by atoms with Gasteiger partial charge in [0.15, 0.2) is 0 Å². The summed E-state index contributed by atoms with van der Waals surface area (Å²) >= 11 is 3.29. The maximum Gasteiger partial charge on any atom is 0.268 e. The molecule has 0 saturated carbocycles. The third kappa shape index (κ3) is 3.95. The van der Waals surface area contributed by atoms with Gasteiger partial charge in [0.25, 0.3) is 5.56 Å². The Hall–Kier alpha value is -2.47. The SMILES string of the molecule is CCCc1nc(C)c(Br)c(=O)n1Cc1ccc(-c2ccccc2N)cc1F. The van der Waals surface area contributed by atoms with Gasteiger partial charge in [-0.05, 0) is 47.0 Å². The topological polar surface area (TPSA) is 60.9 Å². The molecule has 2 N–H and O–H groups in total. The fraction of sp³-hybridized carbons (Fsp3) is 0.238. The summed E-state index contributed by atoms with van der Waals surface area (Å²) in [7, 11) is 0. The zero-order valence-electron chi connectivity index (χ0n) is 15.3. The number of benzene rings is 2. The van der Waals surface area contributed by atoms with Crippen LogP contribution in [0.4, 0.5) is 10.1 Å². The van der Waals surface area contributed by atoms with Gasteiger partial charge in [-0.15, -0.1) is 0 Å². The van der Waals surface area contributed by atoms with Crippen molar-refractivity contribution < 1.29 is 4.39 Å². The number of halogens is 2. The van der Waals surface area contributed by atoms with Crippen LogP contribution in [0.25, 0.3) is 11.1 Å². The number of para-hydroxylation sites is 1. The molecule has 0 aliphatic heterocycles. The number of nitrogens with zero attached hydrogens (tertiary/aromatic N) is 2. The monoisotopic (exact) mass is 429 g/mol. The highest BCUT2D eigenvalue weighted by atomic mass is 79.9. The largest absolute Gasteiger partial charge is 0.398 e. The maximum atomic E-state index is 14.8. The molecule has 0 radical (unpaired) electrons. The van der Waals surface area contributed by atoms with Gasteiger partial charge in [-0.2, -0.15) is 0 Å². The molecular formula is C21H21BrFN3O. The zero-order chi connectivity index (χ0) is 19.6. The van der Waals surface area contributed by atoms with Crippen LogP contribution in [0.3, 0.4) is 0 Å². The summed E-state index contributed by atoms with van der Waals surface area (Å²) in [5, 5.41) is 0. The van der Waals surface area contributed by atoms with Crippen LogP contribution >= 0.6 is 15.9 Å². The van der Waals surface area contributed by atoms with Crippen molar-refractivity contribution in [1.82, 2.24) is 9.55 Å². The van der Waals surface area contributed by atoms with Crippen LogP contribution in [0.2, 0.25) is 0 Å². The Morgan fingerprint density at radius 2 is 1.96 bits per heavy atom. The number of nitrogen functional groups attached to an aromatic ring is 1. The normalized spacial score (nSPS) is 11.0. The first-order chi connectivity index (χ1) is 12.9. The van der Waals surface area contributed by atoms with E-state index in [4.69, 9.17) is 5.73 Å². The summed E-state index contributed by atoms with van der Waals surface area (Å²) in [4.78, 5) is 17.2. The molecule has 27 heavy (non-hydrogen) atoms. The van der Waals surface area contributed by atoms with E-state index in [-0.39, 0.29) is 17.9 Å². The Bertz CT molecular complexity index is 1050. The lowest BCUT2D eigenvalue weighted by molar-refractivity contribution is 0.580. The van der Waals surface area contributed by atoms with Gasteiger partial charge in [0.05, 0.1) is 12.2 Å². The Morgan fingerprint density at radius 3 is 2.63 bits per heavy atom. The average molecular weight is 430 g/mol. The predicted molar refractivity (Wildman–Crippen MR) is 110 cm³/mol. The Labute approximate surface area is 166 Å². The smallest absolute Gasteiger partial charge is 0.268 e. The Balaban J connectivity index is 2.01. The molecule has 3 aromatic rings. The summed E-state index contributed by atoms with van der Waals surface area (Å²) in [6.07, 6.45) is 1.51. The van der Waals surface area contributed by atoms with E-state index >= 15 is 0 Å². The zero-order valence-corrected chi connectivity index (χ0v) is 16.9. The standard InChI is InChI=1S/C21H21BrFN3O/c1-3-6-19-25-13(2)20(22)21(27)26(19)12-15-10-9-14(11-17(15)23)16-7-4-5-8-18(16)24/h4-5,7-11H,3,6,12,24H2,1-2H3. The first-order valence-corrected chi connectivity index (χ1v) is 9.60. The lowest BCUT2D eigenvalue weighted by atomic mass is 10.0. The van der Waals surface area contributed by atoms with Gasteiger partial charge in [0.1, 0.15) is 16.1 Å². The van der Waals surface area contributed by atoms with Gasteiger partial charge in [-0.1, -0.05) is 37.3 Å². The molecule has 2 aromatic carbocycles. The van der Waals surface area contributed by atoms with E-state index < -0.39 is 0 Å². The second-order valence-electron chi connectivity index (χ2n) is 6.46. The van der Waals surface area contributed by atoms with E-state index in [0.717, 1.165) is 12.0 Å². The van der Waals surface area contributed by atoms with Crippen LogP contribution in [0.5, 0.6) is 0 Å². The number of nitrogens with two attached hydrogens (primary N) is 1. The second kappa shape index (κ2) is 8.05. The summed E-state index contributed by atoms with van der Waals surface area (Å²) in [5.74, 6) is 0.292. The average Bonchev–Trinajstić information content (AvgIpc) is 2.65. The summed E-state index contributed by atoms with van der Waals surface area (Å²) < 4.78 is 16.7. The predicted octanol–water partition coefficient (Wildman–Crippen LogP) is 4.70. The molecule has 3 rings (SSSR count). The molecule has 1 heterocycles. The first kappa shape index (κ1) is 19.3. The van der Waals surface area contributed by atoms with E-state index in [1.165, 1.54) is 10.6 Å². The van der Waals surface area contributed by atoms with Gasteiger partial charge in [-0.25, -0.2) is 9.37 Å². The molecule has 4 nitrogen and oxygen atoms in total. The molecule has 0 saturated heterocycles. The van der Waals surface area contributed by atoms with E-state index in [1.807, 2.05) is 31.2 Å². The number of aryl methyl sites for hydroxylation is 2. The summed E-state index contributed by atoms with van der Waals surface area (Å²) in [6.45, 7) is 3.94. The molecule has 0 bridgehead atoms. The molecule has 0 unspecified atom stereocenters. The fourth-order valence-electron chi connectivity index (χ4n) is 3.04. The minimum Gasteiger partial charge on any atom is -0.398 e. The minimum absolute atomic E-state index is 0.135. The molecule has 140 valence electrons. The van der Waals surface area contributed by atoms with Crippen molar-refractivity contribution in [2.24, 2.45) is 0 Å². The quantitative estimate of drug-likeness (QED) is 0.597. The van der Waals surface area contributed by atoms with Crippen molar-refractivity contribution in [3.05, 3.63) is 80.2 Å². The van der Waals surface area contributed by atoms with E-state index in [2.05, 4.69) is 20.9 Å². The van der Waals surface area contributed by atoms with E-state index in [1.54, 1.807) is 19.1 Å². The highest BCUT2D eigenvalue weighted by molar-refractivity contribution is 9.10. The highest BCUT2D eigenvalue weighted by Crippen LogP contribution is 2.27. The minimum atomic E-state index is -0.373. The lowest BCUT2D eigenvalue weighted by Crippen LogP contribution is -2.27. The molecule has 0 aliphatic carbocycles. The molecule has 0 amide bonds. The first-order valence-electron chi connectivity index (χ1n) is 8.81. The van der Waals surface area contributed by atoms with Gasteiger partial charge in [0.2, 0.25) is 0 Å². The van der Waals surface area contributed by atoms with Crippen molar-refractivity contribution in [2.45, 2.75) is 33.2 Å². The van der Waals surface area contributed by atoms with Crippen molar-refractivity contribution in [3.63, 3.8) is 0 Å². The van der Waals surface area contributed by atoms with Crippen LogP contribution in [0, 0.1) is 12.7 Å². The van der Waals surface area contributed by atoms with Gasteiger partial charge >= 0.3 is 0 Å². The van der Waals surface area contributed by atoms with Crippen LogP contribution in [-0.4, -0.2) is 9.55 Å². The molecular weight excluding hydrogens is 409 g/mol. The van der Waals surface area contributed by atoms with E-state index in [9.17, 15) is 9.18 Å². The fourth-order valence-corrected chi connectivity index (χ4v) is 3.35. The molecule has 6 heteroatoms. The van der Waals surface area contributed by atoms with Crippen LogP contribution < -0.4 is 11.3 Å². The third-order valence-electron chi connectivity index (χ3n) is 4.49. The van der Waals surface area contributed by atoms with Crippen molar-refractivity contribution in [3.8, 4) is 11.1 Å². The van der Waals surface area contributed by atoms with Gasteiger partial charge < -0.3 is 5.73 Å². The Kier molecular flexibility index (Phi) is 5.75. The van der Waals surface area contributed by atoms with Gasteiger partial charge in [0, 0.05) is 23.2 Å². The third-order valence-corrected chi connectivity index (χ3v) is 5.40. The number of anilines is 1. The number of aromatic nitrogens is 2.